The van der Waals surface area contributed by atoms with Crippen molar-refractivity contribution in [2.75, 3.05) is 44.7 Å². The van der Waals surface area contributed by atoms with Crippen LogP contribution in [0.2, 0.25) is 0 Å². The van der Waals surface area contributed by atoms with Crippen molar-refractivity contribution in [1.82, 2.24) is 25.0 Å². The zero-order valence-corrected chi connectivity index (χ0v) is 16.1. The zero-order chi connectivity index (χ0) is 18.4. The van der Waals surface area contributed by atoms with E-state index in [2.05, 4.69) is 33.1 Å². The van der Waals surface area contributed by atoms with Crippen molar-refractivity contribution in [3.8, 4) is 0 Å². The summed E-state index contributed by atoms with van der Waals surface area (Å²) in [5.74, 6) is 0.0479. The number of amides is 1. The lowest BCUT2D eigenvalue weighted by molar-refractivity contribution is 0.0738. The molecule has 8 heteroatoms. The number of hydrogen-bond acceptors (Lipinski definition) is 6. The lowest BCUT2D eigenvalue weighted by atomic mass is 10.1. The van der Waals surface area contributed by atoms with Gasteiger partial charge in [0, 0.05) is 56.9 Å². The van der Waals surface area contributed by atoms with E-state index in [0.717, 1.165) is 54.5 Å². The van der Waals surface area contributed by atoms with Crippen LogP contribution in [0.5, 0.6) is 0 Å². The topological polar surface area (TPSA) is 68.4 Å². The third-order valence-electron chi connectivity index (χ3n) is 5.45. The minimum absolute atomic E-state index is 0.0479. The van der Waals surface area contributed by atoms with Gasteiger partial charge in [0.1, 0.15) is 0 Å². The molecule has 2 aromatic heterocycles. The number of thiazole rings is 1. The Kier molecular flexibility index (Phi) is 4.09. The predicted molar refractivity (Wildman–Crippen MR) is 106 cm³/mol. The number of fused-ring (bicyclic) bond motifs is 2. The maximum Gasteiger partial charge on any atom is 0.274 e. The molecule has 0 atom stereocenters. The monoisotopic (exact) mass is 382 g/mol. The number of carbonyl (C=O) groups excluding carboxylic acids is 1. The Morgan fingerprint density at radius 3 is 2.78 bits per heavy atom. The van der Waals surface area contributed by atoms with E-state index in [1.807, 2.05) is 23.1 Å². The fourth-order valence-electron chi connectivity index (χ4n) is 3.85. The van der Waals surface area contributed by atoms with Gasteiger partial charge in [-0.15, -0.1) is 0 Å². The van der Waals surface area contributed by atoms with Crippen LogP contribution >= 0.6 is 11.3 Å². The third kappa shape index (κ3) is 2.98. The maximum absolute atomic E-state index is 13.0. The minimum atomic E-state index is 0.0479. The van der Waals surface area contributed by atoms with E-state index in [-0.39, 0.29) is 5.91 Å². The van der Waals surface area contributed by atoms with Crippen LogP contribution in [0.3, 0.4) is 0 Å². The Bertz CT molecular complexity index is 954. The second-order valence-electron chi connectivity index (χ2n) is 7.26. The van der Waals surface area contributed by atoms with Crippen LogP contribution in [0.1, 0.15) is 21.7 Å². The molecule has 0 spiro atoms. The average molecular weight is 382 g/mol. The van der Waals surface area contributed by atoms with Crippen LogP contribution < -0.4 is 4.90 Å². The Hall–Kier alpha value is -2.45. The standard InChI is InChI=1S/C19H22N6OS/c1-23-7-6-14-13(12-23)17(22-21-14)18(26)24-8-10-25(11-9-24)19-20-15-4-2-3-5-16(15)27-19/h2-5H,6-12H2,1H3,(H,21,22). The summed E-state index contributed by atoms with van der Waals surface area (Å²) in [6, 6.07) is 8.22. The molecular formula is C19H22N6OS. The number of nitrogens with one attached hydrogen (secondary N) is 1. The van der Waals surface area contributed by atoms with Gasteiger partial charge in [0.2, 0.25) is 0 Å². The molecule has 1 fully saturated rings. The zero-order valence-electron chi connectivity index (χ0n) is 15.3. The Balaban J connectivity index is 1.29. The Morgan fingerprint density at radius 1 is 1.15 bits per heavy atom. The number of carbonyl (C=O) groups is 1. The first kappa shape index (κ1) is 16.7. The highest BCUT2D eigenvalue weighted by Gasteiger charge is 2.29. The molecule has 0 radical (unpaired) electrons. The largest absolute Gasteiger partial charge is 0.345 e. The number of aromatic nitrogens is 3. The summed E-state index contributed by atoms with van der Waals surface area (Å²) < 4.78 is 1.21. The Morgan fingerprint density at radius 2 is 1.96 bits per heavy atom. The second-order valence-corrected chi connectivity index (χ2v) is 8.27. The maximum atomic E-state index is 13.0. The fraction of sp³-hybridized carbons (Fsp3) is 0.421. The van der Waals surface area contributed by atoms with Crippen molar-refractivity contribution in [1.29, 1.82) is 0 Å². The van der Waals surface area contributed by atoms with E-state index in [1.54, 1.807) is 11.3 Å². The summed E-state index contributed by atoms with van der Waals surface area (Å²) in [4.78, 5) is 24.2. The molecule has 0 bridgehead atoms. The van der Waals surface area contributed by atoms with Crippen molar-refractivity contribution in [3.05, 3.63) is 41.2 Å². The smallest absolute Gasteiger partial charge is 0.274 e. The normalized spacial score (nSPS) is 18.1. The van der Waals surface area contributed by atoms with E-state index in [4.69, 9.17) is 4.98 Å². The first-order valence-electron chi connectivity index (χ1n) is 9.33. The first-order valence-corrected chi connectivity index (χ1v) is 10.1. The van der Waals surface area contributed by atoms with Gasteiger partial charge >= 0.3 is 0 Å². The summed E-state index contributed by atoms with van der Waals surface area (Å²) in [7, 11) is 2.08. The molecular weight excluding hydrogens is 360 g/mol. The van der Waals surface area contributed by atoms with Gasteiger partial charge < -0.3 is 14.7 Å². The van der Waals surface area contributed by atoms with Gasteiger partial charge in [-0.3, -0.25) is 9.89 Å². The number of anilines is 1. The van der Waals surface area contributed by atoms with E-state index in [0.29, 0.717) is 18.8 Å². The lowest BCUT2D eigenvalue weighted by Crippen LogP contribution is -2.49. The molecule has 7 nitrogen and oxygen atoms in total. The second kappa shape index (κ2) is 6.61. The molecule has 140 valence electrons. The van der Waals surface area contributed by atoms with Gasteiger partial charge in [0.25, 0.3) is 5.91 Å². The number of nitrogens with zero attached hydrogens (tertiary/aromatic N) is 5. The first-order chi connectivity index (χ1) is 13.2. The van der Waals surface area contributed by atoms with E-state index in [1.165, 1.54) is 4.70 Å². The van der Waals surface area contributed by atoms with Crippen LogP contribution in [0.25, 0.3) is 10.2 Å². The van der Waals surface area contributed by atoms with Crippen LogP contribution in [-0.2, 0) is 13.0 Å². The van der Waals surface area contributed by atoms with Gasteiger partial charge in [0.05, 0.1) is 10.2 Å². The molecule has 5 rings (SSSR count). The number of para-hydroxylation sites is 1. The lowest BCUT2D eigenvalue weighted by Gasteiger charge is -2.34. The highest BCUT2D eigenvalue weighted by Crippen LogP contribution is 2.29. The molecule has 0 saturated carbocycles. The molecule has 1 aromatic carbocycles. The summed E-state index contributed by atoms with van der Waals surface area (Å²) in [5, 5.41) is 8.46. The molecule has 1 N–H and O–H groups in total. The van der Waals surface area contributed by atoms with Crippen molar-refractivity contribution < 1.29 is 4.79 Å². The summed E-state index contributed by atoms with van der Waals surface area (Å²) in [5.41, 5.74) is 3.83. The molecule has 0 aliphatic carbocycles. The van der Waals surface area contributed by atoms with Gasteiger partial charge in [-0.05, 0) is 19.2 Å². The van der Waals surface area contributed by atoms with Gasteiger partial charge in [-0.25, -0.2) is 4.98 Å². The fourth-order valence-corrected chi connectivity index (χ4v) is 4.87. The van der Waals surface area contributed by atoms with Crippen molar-refractivity contribution >= 4 is 32.6 Å². The number of H-pyrrole nitrogens is 1. The number of rotatable bonds is 2. The SMILES string of the molecule is CN1CCc2[nH]nc(C(=O)N3CCN(c4nc5ccccc5s4)CC3)c2C1. The van der Waals surface area contributed by atoms with Gasteiger partial charge in [-0.1, -0.05) is 23.5 Å². The van der Waals surface area contributed by atoms with Gasteiger partial charge in [-0.2, -0.15) is 5.10 Å². The molecule has 1 amide bonds. The average Bonchev–Trinajstić information content (AvgIpc) is 3.31. The summed E-state index contributed by atoms with van der Waals surface area (Å²) >= 11 is 1.72. The predicted octanol–water partition coefficient (Wildman–Crippen LogP) is 1.97. The molecule has 1 saturated heterocycles. The number of likely N-dealkylation sites (N-methyl/N-ethyl adjacent to an activating group) is 1. The van der Waals surface area contributed by atoms with Crippen LogP contribution in [-0.4, -0.2) is 70.7 Å². The summed E-state index contributed by atoms with van der Waals surface area (Å²) in [6.07, 6.45) is 0.928. The summed E-state index contributed by atoms with van der Waals surface area (Å²) in [6.45, 7) is 4.80. The minimum Gasteiger partial charge on any atom is -0.345 e. The molecule has 2 aliphatic rings. The van der Waals surface area contributed by atoms with Crippen LogP contribution in [0.15, 0.2) is 24.3 Å². The third-order valence-corrected chi connectivity index (χ3v) is 6.54. The number of piperazine rings is 1. The quantitative estimate of drug-likeness (QED) is 0.734. The molecule has 0 unspecified atom stereocenters. The van der Waals surface area contributed by atoms with Gasteiger partial charge in [0.15, 0.2) is 10.8 Å². The highest BCUT2D eigenvalue weighted by atomic mass is 32.1. The number of aromatic amines is 1. The van der Waals surface area contributed by atoms with Crippen molar-refractivity contribution in [3.63, 3.8) is 0 Å². The molecule has 3 aromatic rings. The van der Waals surface area contributed by atoms with E-state index in [9.17, 15) is 4.79 Å². The van der Waals surface area contributed by atoms with Crippen molar-refractivity contribution in [2.45, 2.75) is 13.0 Å². The van der Waals surface area contributed by atoms with E-state index >= 15 is 0 Å². The van der Waals surface area contributed by atoms with Crippen LogP contribution in [0, 0.1) is 0 Å². The number of benzene rings is 1. The van der Waals surface area contributed by atoms with Crippen molar-refractivity contribution in [2.24, 2.45) is 0 Å². The molecule has 27 heavy (non-hydrogen) atoms. The van der Waals surface area contributed by atoms with E-state index < -0.39 is 0 Å². The molecule has 4 heterocycles. The molecule has 2 aliphatic heterocycles. The Labute approximate surface area is 161 Å². The van der Waals surface area contributed by atoms with Crippen LogP contribution in [0.4, 0.5) is 5.13 Å². The number of hydrogen-bond donors (Lipinski definition) is 1. The highest BCUT2D eigenvalue weighted by molar-refractivity contribution is 7.22.